The first kappa shape index (κ1) is 21.4. The third-order valence-electron chi connectivity index (χ3n) is 7.06. The zero-order valence-corrected chi connectivity index (χ0v) is 19.2. The number of amides is 2. The van der Waals surface area contributed by atoms with Crippen LogP contribution in [0.1, 0.15) is 50.4 Å². The second-order valence-electron chi connectivity index (χ2n) is 8.96. The Labute approximate surface area is 193 Å². The van der Waals surface area contributed by atoms with Gasteiger partial charge in [0.05, 0.1) is 11.6 Å². The molecule has 8 heteroatoms. The number of hydrogen-bond donors (Lipinski definition) is 0. The molecule has 5 rings (SSSR count). The van der Waals surface area contributed by atoms with E-state index in [2.05, 4.69) is 44.4 Å². The average molecular weight is 447 g/mol. The van der Waals surface area contributed by atoms with Gasteiger partial charge < -0.3 is 14.7 Å². The Hall–Kier alpha value is -3.42. The van der Waals surface area contributed by atoms with Crippen molar-refractivity contribution >= 4 is 28.5 Å². The molecule has 0 radical (unpaired) electrons. The fourth-order valence-corrected chi connectivity index (χ4v) is 5.23. The van der Waals surface area contributed by atoms with Gasteiger partial charge in [-0.25, -0.2) is 4.68 Å². The van der Waals surface area contributed by atoms with Crippen molar-refractivity contribution < 1.29 is 9.59 Å². The van der Waals surface area contributed by atoms with Crippen molar-refractivity contribution in [2.24, 2.45) is 0 Å². The third kappa shape index (κ3) is 3.94. The standard InChI is InChI=1S/C25H30N6O2/c1-18(32)28(2)24(31-23-11-6-4-9-20(23)26-27-31)14-17-29-16-13-22(30-15-7-12-25(30)33)19-8-3-5-10-21(19)29/h3-6,8-11,22,24H,7,12-17H2,1-2H3. The molecule has 1 aromatic heterocycles. The molecule has 0 bridgehead atoms. The molecule has 0 spiro atoms. The van der Waals surface area contributed by atoms with E-state index in [0.717, 1.165) is 43.5 Å². The monoisotopic (exact) mass is 446 g/mol. The normalized spacial score (nSPS) is 19.1. The SMILES string of the molecule is CC(=O)N(C)C(CCN1CCC(N2CCCC2=O)c2ccccc21)n1nnc2ccccc21. The molecule has 1 fully saturated rings. The van der Waals surface area contributed by atoms with Crippen LogP contribution in [-0.2, 0) is 9.59 Å². The predicted molar refractivity (Wildman–Crippen MR) is 127 cm³/mol. The first-order valence-electron chi connectivity index (χ1n) is 11.7. The van der Waals surface area contributed by atoms with Gasteiger partial charge in [0.2, 0.25) is 11.8 Å². The zero-order valence-electron chi connectivity index (χ0n) is 19.2. The van der Waals surface area contributed by atoms with E-state index in [9.17, 15) is 9.59 Å². The summed E-state index contributed by atoms with van der Waals surface area (Å²) < 4.78 is 1.86. The van der Waals surface area contributed by atoms with Crippen LogP contribution in [0.3, 0.4) is 0 Å². The number of anilines is 1. The minimum Gasteiger partial charge on any atom is -0.371 e. The largest absolute Gasteiger partial charge is 0.371 e. The molecule has 3 heterocycles. The summed E-state index contributed by atoms with van der Waals surface area (Å²) in [5.74, 6) is 0.260. The van der Waals surface area contributed by atoms with Gasteiger partial charge in [-0.1, -0.05) is 35.5 Å². The topological polar surface area (TPSA) is 74.6 Å². The average Bonchev–Trinajstić information content (AvgIpc) is 3.45. The van der Waals surface area contributed by atoms with Gasteiger partial charge in [-0.3, -0.25) is 9.59 Å². The Morgan fingerprint density at radius 3 is 2.73 bits per heavy atom. The molecule has 2 aromatic carbocycles. The van der Waals surface area contributed by atoms with Gasteiger partial charge in [0.25, 0.3) is 0 Å². The molecule has 2 atom stereocenters. The molecule has 0 N–H and O–H groups in total. The summed E-state index contributed by atoms with van der Waals surface area (Å²) in [4.78, 5) is 30.9. The molecule has 2 aliphatic heterocycles. The zero-order chi connectivity index (χ0) is 22.9. The van der Waals surface area contributed by atoms with Gasteiger partial charge in [-0.15, -0.1) is 5.10 Å². The fraction of sp³-hybridized carbons (Fsp3) is 0.440. The number of benzene rings is 2. The number of aromatic nitrogens is 3. The third-order valence-corrected chi connectivity index (χ3v) is 7.06. The highest BCUT2D eigenvalue weighted by Crippen LogP contribution is 2.39. The van der Waals surface area contributed by atoms with E-state index in [1.165, 1.54) is 11.3 Å². The molecule has 1 saturated heterocycles. The van der Waals surface area contributed by atoms with Gasteiger partial charge >= 0.3 is 0 Å². The second-order valence-corrected chi connectivity index (χ2v) is 8.96. The van der Waals surface area contributed by atoms with Gasteiger partial charge in [-0.2, -0.15) is 0 Å². The van der Waals surface area contributed by atoms with Crippen molar-refractivity contribution in [2.45, 2.75) is 44.8 Å². The van der Waals surface area contributed by atoms with Gasteiger partial charge in [0.15, 0.2) is 0 Å². The molecule has 172 valence electrons. The van der Waals surface area contributed by atoms with Crippen LogP contribution in [0, 0.1) is 0 Å². The van der Waals surface area contributed by atoms with Gasteiger partial charge in [0, 0.05) is 52.1 Å². The van der Waals surface area contributed by atoms with Crippen LogP contribution in [0.5, 0.6) is 0 Å². The lowest BCUT2D eigenvalue weighted by molar-refractivity contribution is -0.131. The summed E-state index contributed by atoms with van der Waals surface area (Å²) >= 11 is 0. The Balaban J connectivity index is 1.40. The Morgan fingerprint density at radius 1 is 1.15 bits per heavy atom. The highest BCUT2D eigenvalue weighted by atomic mass is 16.2. The predicted octanol–water partition coefficient (Wildman–Crippen LogP) is 3.37. The van der Waals surface area contributed by atoms with E-state index in [1.807, 2.05) is 36.0 Å². The molecule has 2 amide bonds. The number of nitrogens with zero attached hydrogens (tertiary/aromatic N) is 6. The van der Waals surface area contributed by atoms with Crippen molar-refractivity contribution in [2.75, 3.05) is 31.6 Å². The smallest absolute Gasteiger partial charge is 0.223 e. The number of rotatable bonds is 6. The lowest BCUT2D eigenvalue weighted by Crippen LogP contribution is -2.41. The number of carbonyl (C=O) groups excluding carboxylic acids is 2. The number of fused-ring (bicyclic) bond motifs is 2. The van der Waals surface area contributed by atoms with E-state index in [4.69, 9.17) is 0 Å². The summed E-state index contributed by atoms with van der Waals surface area (Å²) in [7, 11) is 1.82. The first-order chi connectivity index (χ1) is 16.0. The number of hydrogen-bond acceptors (Lipinski definition) is 5. The fourth-order valence-electron chi connectivity index (χ4n) is 5.23. The van der Waals surface area contributed by atoms with Crippen LogP contribution in [0.15, 0.2) is 48.5 Å². The number of likely N-dealkylation sites (tertiary alicyclic amines) is 1. The number of carbonyl (C=O) groups is 2. The maximum Gasteiger partial charge on any atom is 0.223 e. The van der Waals surface area contributed by atoms with Crippen LogP contribution in [-0.4, -0.2) is 63.3 Å². The van der Waals surface area contributed by atoms with Gasteiger partial charge in [0.1, 0.15) is 11.7 Å². The van der Waals surface area contributed by atoms with Crippen LogP contribution in [0.2, 0.25) is 0 Å². The minimum absolute atomic E-state index is 0.00812. The summed E-state index contributed by atoms with van der Waals surface area (Å²) in [6.07, 6.45) is 3.01. The minimum atomic E-state index is -0.236. The van der Waals surface area contributed by atoms with E-state index >= 15 is 0 Å². The van der Waals surface area contributed by atoms with Crippen LogP contribution < -0.4 is 4.90 Å². The van der Waals surface area contributed by atoms with E-state index in [0.29, 0.717) is 12.8 Å². The van der Waals surface area contributed by atoms with E-state index in [1.54, 1.807) is 11.8 Å². The molecular weight excluding hydrogens is 416 g/mol. The second kappa shape index (κ2) is 8.84. The summed E-state index contributed by atoms with van der Waals surface area (Å²) in [5.41, 5.74) is 4.14. The molecular formula is C25H30N6O2. The van der Waals surface area contributed by atoms with Gasteiger partial charge in [-0.05, 0) is 36.6 Å². The quantitative estimate of drug-likeness (QED) is 0.580. The van der Waals surface area contributed by atoms with Crippen LogP contribution >= 0.6 is 0 Å². The summed E-state index contributed by atoms with van der Waals surface area (Å²) in [5, 5.41) is 8.69. The molecule has 0 saturated carbocycles. The lowest BCUT2D eigenvalue weighted by Gasteiger charge is -2.40. The molecule has 3 aromatic rings. The maximum atomic E-state index is 12.4. The highest BCUT2D eigenvalue weighted by molar-refractivity contribution is 5.79. The van der Waals surface area contributed by atoms with Crippen molar-refractivity contribution in [3.05, 3.63) is 54.1 Å². The molecule has 2 unspecified atom stereocenters. The Morgan fingerprint density at radius 2 is 1.94 bits per heavy atom. The highest BCUT2D eigenvalue weighted by Gasteiger charge is 2.34. The molecule has 33 heavy (non-hydrogen) atoms. The molecule has 2 aliphatic rings. The summed E-state index contributed by atoms with van der Waals surface area (Å²) in [6, 6.07) is 16.4. The Kier molecular flexibility index (Phi) is 5.74. The number of para-hydroxylation sites is 2. The van der Waals surface area contributed by atoms with E-state index < -0.39 is 0 Å². The van der Waals surface area contributed by atoms with Crippen molar-refractivity contribution in [3.63, 3.8) is 0 Å². The first-order valence-corrected chi connectivity index (χ1v) is 11.7. The van der Waals surface area contributed by atoms with Crippen LogP contribution in [0.4, 0.5) is 5.69 Å². The summed E-state index contributed by atoms with van der Waals surface area (Å²) in [6.45, 7) is 4.08. The van der Waals surface area contributed by atoms with Crippen LogP contribution in [0.25, 0.3) is 11.0 Å². The lowest BCUT2D eigenvalue weighted by atomic mass is 9.95. The molecule has 8 nitrogen and oxygen atoms in total. The van der Waals surface area contributed by atoms with Crippen molar-refractivity contribution in [3.8, 4) is 0 Å². The van der Waals surface area contributed by atoms with E-state index in [-0.39, 0.29) is 24.0 Å². The van der Waals surface area contributed by atoms with Crippen molar-refractivity contribution in [1.29, 1.82) is 0 Å². The maximum absolute atomic E-state index is 12.4. The Bertz CT molecular complexity index is 1170. The van der Waals surface area contributed by atoms with Crippen molar-refractivity contribution in [1.82, 2.24) is 24.8 Å². The molecule has 0 aliphatic carbocycles.